The van der Waals surface area contributed by atoms with Crippen molar-refractivity contribution >= 4 is 6.08 Å². The molecule has 0 radical (unpaired) electrons. The zero-order valence-corrected chi connectivity index (χ0v) is 28.9. The zero-order valence-electron chi connectivity index (χ0n) is 28.9. The van der Waals surface area contributed by atoms with E-state index in [-0.39, 0.29) is 40.1 Å². The summed E-state index contributed by atoms with van der Waals surface area (Å²) in [4.78, 5) is 0. The van der Waals surface area contributed by atoms with Gasteiger partial charge in [-0.1, -0.05) is 0 Å². The Morgan fingerprint density at radius 1 is 0.618 bits per heavy atom. The number of hydrogen-bond donors (Lipinski definition) is 13. The van der Waals surface area contributed by atoms with E-state index in [9.17, 15) is 66.4 Å². The molecule has 0 bridgehead atoms. The van der Waals surface area contributed by atoms with Crippen molar-refractivity contribution in [2.45, 2.75) is 98.2 Å². The minimum atomic E-state index is -1.90. The van der Waals surface area contributed by atoms with Crippen molar-refractivity contribution in [2.24, 2.45) is 0 Å². The second-order valence-corrected chi connectivity index (χ2v) is 13.4. The highest BCUT2D eigenvalue weighted by atomic mass is 16.7. The monoisotopic (exact) mass is 789 g/mol. The minimum Gasteiger partial charge on any atom is -0.571 e. The molecule has 2 aromatic rings. The molecule has 14 N–H and O–H groups in total. The van der Waals surface area contributed by atoms with Crippen molar-refractivity contribution in [1.82, 2.24) is 0 Å². The normalized spacial score (nSPS) is 39.1. The van der Waals surface area contributed by atoms with Gasteiger partial charge < -0.3 is 104 Å². The molecule has 3 saturated heterocycles. The molecule has 16 atom stereocenters. The Morgan fingerprint density at radius 2 is 1.15 bits per heavy atom. The number of fused-ring (bicyclic) bond motifs is 1. The maximum absolute atomic E-state index is 10.9. The first-order valence-corrected chi connectivity index (χ1v) is 17.1. The van der Waals surface area contributed by atoms with Crippen molar-refractivity contribution < 1.29 is 104 Å². The first-order valence-electron chi connectivity index (χ1n) is 17.1. The molecule has 0 saturated carbocycles. The fraction of sp³-hybridized carbons (Fsp3) is 0.588. The third-order valence-electron chi connectivity index (χ3n) is 9.75. The molecule has 0 amide bonds. The van der Waals surface area contributed by atoms with Gasteiger partial charge in [-0.15, -0.1) is 0 Å². The van der Waals surface area contributed by atoms with Gasteiger partial charge in [0.2, 0.25) is 6.29 Å². The van der Waals surface area contributed by atoms with E-state index in [2.05, 4.69) is 4.74 Å². The maximum atomic E-state index is 10.9. The predicted molar refractivity (Wildman–Crippen MR) is 177 cm³/mol. The third-order valence-corrected chi connectivity index (χ3v) is 9.75. The average molecular weight is 790 g/mol. The number of phenols is 3. The molecular formula is C34H45O21+. The highest BCUT2D eigenvalue weighted by Gasteiger charge is 2.50. The summed E-state index contributed by atoms with van der Waals surface area (Å²) in [7, 11) is 1.33. The molecule has 4 aliphatic heterocycles. The second kappa shape index (κ2) is 16.9. The van der Waals surface area contributed by atoms with E-state index in [0.717, 1.165) is 6.07 Å². The summed E-state index contributed by atoms with van der Waals surface area (Å²) in [6.45, 7) is -2.05. The van der Waals surface area contributed by atoms with Gasteiger partial charge in [-0.05, 0) is 18.2 Å². The van der Waals surface area contributed by atoms with Gasteiger partial charge in [-0.2, -0.15) is 0 Å². The topological polar surface area (TPSA) is 340 Å². The highest BCUT2D eigenvalue weighted by Crippen LogP contribution is 2.46. The largest absolute Gasteiger partial charge is 0.571 e. The molecule has 21 nitrogen and oxygen atoms in total. The summed E-state index contributed by atoms with van der Waals surface area (Å²) in [6, 6.07) is 6.63. The molecule has 0 spiro atoms. The molecule has 4 aliphatic rings. The van der Waals surface area contributed by atoms with Crippen molar-refractivity contribution in [2.75, 3.05) is 26.9 Å². The molecule has 4 heterocycles. The first-order chi connectivity index (χ1) is 26.1. The molecule has 0 aliphatic carbocycles. The van der Waals surface area contributed by atoms with Crippen LogP contribution in [-0.4, -0.2) is 190 Å². The fourth-order valence-corrected chi connectivity index (χ4v) is 6.55. The van der Waals surface area contributed by atoms with Crippen LogP contribution < -0.4 is 4.74 Å². The smallest absolute Gasteiger partial charge is 0.270 e. The number of methoxy groups -OCH3 is 1. The van der Waals surface area contributed by atoms with Crippen molar-refractivity contribution in [3.63, 3.8) is 0 Å². The van der Waals surface area contributed by atoms with E-state index in [0.29, 0.717) is 5.56 Å². The summed E-state index contributed by atoms with van der Waals surface area (Å²) in [6.07, 6.45) is -25.4. The Labute approximate surface area is 311 Å². The Bertz CT molecular complexity index is 1660. The minimum absolute atomic E-state index is 0.0565. The molecule has 55 heavy (non-hydrogen) atoms. The lowest BCUT2D eigenvalue weighted by Crippen LogP contribution is -2.62. The highest BCUT2D eigenvalue weighted by molar-refractivity contribution is 5.69. The zero-order chi connectivity index (χ0) is 39.9. The third kappa shape index (κ3) is 8.27. The van der Waals surface area contributed by atoms with Crippen LogP contribution in [0.4, 0.5) is 0 Å². The van der Waals surface area contributed by atoms with Crippen LogP contribution in [0.25, 0.3) is 6.08 Å². The van der Waals surface area contributed by atoms with E-state index in [1.165, 1.54) is 37.5 Å². The Morgan fingerprint density at radius 3 is 1.71 bits per heavy atom. The van der Waals surface area contributed by atoms with Gasteiger partial charge in [-0.25, -0.2) is 0 Å². The van der Waals surface area contributed by atoms with Gasteiger partial charge in [-0.3, -0.25) is 0 Å². The van der Waals surface area contributed by atoms with Crippen LogP contribution in [0.2, 0.25) is 0 Å². The standard InChI is InChI=1S/C34H44O21/c1-48-17-4-11(2-3-14(17)37)31-18(7-13-15(38)5-12(36)6-16(13)51-31)52-34-30(47)27(44)24(41)21(55-34)10-50-33-29(46)26(43)23(40)20(54-33)9-49-32-28(45)25(42)22(39)19(8-35)53-32/h2-7,19-47H,8-10H2,1H3/p+1/t19-,20-,21-,22-,23-,24-,25+,26+,27+,28-,29+,30-,31?,32-,33-,34-/m1/s1. The van der Waals surface area contributed by atoms with Gasteiger partial charge in [0, 0.05) is 12.1 Å². The Hall–Kier alpha value is -3.62. The quantitative estimate of drug-likeness (QED) is 0.0956. The number of ether oxygens (including phenoxy) is 8. The lowest BCUT2D eigenvalue weighted by Gasteiger charge is -2.44. The summed E-state index contributed by atoms with van der Waals surface area (Å²) < 4.78 is 43.5. The molecular weight excluding hydrogens is 744 g/mol. The summed E-state index contributed by atoms with van der Waals surface area (Å²) >= 11 is 0. The summed E-state index contributed by atoms with van der Waals surface area (Å²) in [5.41, 5.74) is 0.504. The molecule has 2 aromatic carbocycles. The fourth-order valence-electron chi connectivity index (χ4n) is 6.55. The van der Waals surface area contributed by atoms with Crippen molar-refractivity contribution in [3.05, 3.63) is 47.2 Å². The van der Waals surface area contributed by atoms with Crippen LogP contribution in [0.3, 0.4) is 0 Å². The van der Waals surface area contributed by atoms with Crippen LogP contribution in [0.1, 0.15) is 17.2 Å². The Balaban J connectivity index is 1.16. The summed E-state index contributed by atoms with van der Waals surface area (Å²) in [5, 5.41) is 135. The molecule has 306 valence electrons. The van der Waals surface area contributed by atoms with E-state index >= 15 is 0 Å². The second-order valence-electron chi connectivity index (χ2n) is 13.4. The van der Waals surface area contributed by atoms with Gasteiger partial charge in [0.1, 0.15) is 90.3 Å². The van der Waals surface area contributed by atoms with Gasteiger partial charge in [0.05, 0.1) is 38.6 Å². The molecule has 3 fully saturated rings. The maximum Gasteiger partial charge on any atom is 0.270 e. The van der Waals surface area contributed by atoms with E-state index in [1.54, 1.807) is 0 Å². The number of benzene rings is 2. The van der Waals surface area contributed by atoms with Gasteiger partial charge in [0.25, 0.3) is 11.9 Å². The van der Waals surface area contributed by atoms with Crippen LogP contribution in [0.5, 0.6) is 28.7 Å². The van der Waals surface area contributed by atoms with Crippen molar-refractivity contribution in [3.8, 4) is 28.7 Å². The molecule has 1 unspecified atom stereocenters. The van der Waals surface area contributed by atoms with E-state index in [1.807, 2.05) is 0 Å². The van der Waals surface area contributed by atoms with E-state index < -0.39 is 118 Å². The molecule has 0 aromatic heterocycles. The number of hydrogen-bond acceptors (Lipinski definition) is 20. The average Bonchev–Trinajstić information content (AvgIpc) is 3.16. The predicted octanol–water partition coefficient (Wildman–Crippen LogP) is -4.39. The Kier molecular flexibility index (Phi) is 12.6. The van der Waals surface area contributed by atoms with E-state index in [4.69, 9.17) is 33.2 Å². The number of rotatable bonds is 11. The van der Waals surface area contributed by atoms with Gasteiger partial charge in [0.15, 0.2) is 29.8 Å². The molecule has 6 rings (SSSR count). The SMILES string of the molecule is COc1cc(C2[OH+]c3cc(O)cc(O)c3C=C2O[C@@H]2O[C@H](CO[C@@H]3O[C@H](CO[C@@H]4O[C@H](CO)[C@@H](O)[C@H](O)[C@H]4O)[C@@H](O)[C@H](O)[C@@H]3O)[C@@H](O)[C@H](O)[C@H]2O)ccc1O. The lowest BCUT2D eigenvalue weighted by molar-refractivity contribution is -0.341. The first kappa shape index (κ1) is 41.0. The number of aromatic hydroxyl groups is 4. The van der Waals surface area contributed by atoms with Crippen LogP contribution in [-0.2, 0) is 28.4 Å². The number of aliphatic hydroxyl groups is 11. The van der Waals surface area contributed by atoms with Crippen molar-refractivity contribution in [1.29, 1.82) is 0 Å². The van der Waals surface area contributed by atoms with Crippen LogP contribution >= 0.6 is 0 Å². The number of phenolic OH excluding ortho intramolecular Hbond substituents is 3. The van der Waals surface area contributed by atoms with Gasteiger partial charge >= 0.3 is 0 Å². The van der Waals surface area contributed by atoms with Crippen LogP contribution in [0, 0.1) is 0 Å². The molecule has 21 heteroatoms. The lowest BCUT2D eigenvalue weighted by atomic mass is 9.97. The van der Waals surface area contributed by atoms with Crippen LogP contribution in [0.15, 0.2) is 36.1 Å². The number of aliphatic hydroxyl groups excluding tert-OH is 10. The summed E-state index contributed by atoms with van der Waals surface area (Å²) in [5.74, 6) is -0.662.